The van der Waals surface area contributed by atoms with Crippen molar-refractivity contribution >= 4 is 22.5 Å². The van der Waals surface area contributed by atoms with Crippen LogP contribution in [0.4, 0.5) is 5.69 Å². The van der Waals surface area contributed by atoms with E-state index >= 15 is 0 Å². The second-order valence-electron chi connectivity index (χ2n) is 5.48. The minimum atomic E-state index is -0.376. The van der Waals surface area contributed by atoms with Crippen LogP contribution < -0.4 is 10.9 Å². The Morgan fingerprint density at radius 3 is 2.68 bits per heavy atom. The lowest BCUT2D eigenvalue weighted by atomic mass is 10.1. The van der Waals surface area contributed by atoms with Crippen molar-refractivity contribution < 1.29 is 9.32 Å². The third-order valence-corrected chi connectivity index (χ3v) is 3.84. The van der Waals surface area contributed by atoms with E-state index in [-0.39, 0.29) is 17.2 Å². The maximum Gasteiger partial charge on any atom is 0.271 e. The molecule has 0 aliphatic carbocycles. The van der Waals surface area contributed by atoms with Crippen LogP contribution in [0.15, 0.2) is 76.2 Å². The minimum Gasteiger partial charge on any atom is -0.355 e. The maximum absolute atomic E-state index is 12.5. The molecule has 0 aliphatic rings. The molecule has 0 atom stereocenters. The molecule has 4 rings (SSSR count). The number of rotatable bonds is 3. The van der Waals surface area contributed by atoms with E-state index in [2.05, 4.69) is 15.5 Å². The summed E-state index contributed by atoms with van der Waals surface area (Å²) in [5, 5.41) is 7.38. The van der Waals surface area contributed by atoms with Crippen molar-refractivity contribution in [3.05, 3.63) is 82.8 Å². The molecule has 0 unspecified atom stereocenters. The van der Waals surface area contributed by atoms with Gasteiger partial charge in [0.1, 0.15) is 11.2 Å². The molecule has 0 bridgehead atoms. The predicted molar refractivity (Wildman–Crippen MR) is 94.5 cm³/mol. The van der Waals surface area contributed by atoms with E-state index in [1.807, 2.05) is 30.3 Å². The molecule has 2 aromatic carbocycles. The van der Waals surface area contributed by atoms with Gasteiger partial charge in [0.25, 0.3) is 11.5 Å². The van der Waals surface area contributed by atoms with Crippen molar-refractivity contribution in [3.63, 3.8) is 0 Å². The average Bonchev–Trinajstić information content (AvgIpc) is 3.07. The van der Waals surface area contributed by atoms with Crippen LogP contribution in [0.3, 0.4) is 0 Å². The fourth-order valence-corrected chi connectivity index (χ4v) is 2.59. The molecule has 25 heavy (non-hydrogen) atoms. The molecule has 0 spiro atoms. The van der Waals surface area contributed by atoms with Gasteiger partial charge < -0.3 is 14.8 Å². The van der Waals surface area contributed by atoms with Gasteiger partial charge in [-0.3, -0.25) is 9.59 Å². The lowest BCUT2D eigenvalue weighted by molar-refractivity contribution is 0.102. The zero-order chi connectivity index (χ0) is 17.2. The highest BCUT2D eigenvalue weighted by Crippen LogP contribution is 2.29. The molecule has 2 N–H and O–H groups in total. The van der Waals surface area contributed by atoms with Gasteiger partial charge in [0.15, 0.2) is 5.76 Å². The van der Waals surface area contributed by atoms with Crippen LogP contribution in [0.5, 0.6) is 0 Å². The van der Waals surface area contributed by atoms with Crippen LogP contribution in [0.25, 0.3) is 22.2 Å². The summed E-state index contributed by atoms with van der Waals surface area (Å²) in [5.41, 5.74) is 1.79. The molecule has 0 saturated carbocycles. The number of nitrogens with one attached hydrogen (secondary N) is 2. The Bertz CT molecular complexity index is 1110. The summed E-state index contributed by atoms with van der Waals surface area (Å²) in [6, 6.07) is 17.8. The Morgan fingerprint density at radius 1 is 1.04 bits per heavy atom. The molecule has 2 aromatic heterocycles. The van der Waals surface area contributed by atoms with Gasteiger partial charge in [-0.15, -0.1) is 0 Å². The van der Waals surface area contributed by atoms with E-state index in [0.29, 0.717) is 16.8 Å². The molecule has 2 heterocycles. The Morgan fingerprint density at radius 2 is 1.88 bits per heavy atom. The Hall–Kier alpha value is -3.67. The van der Waals surface area contributed by atoms with Crippen molar-refractivity contribution in [2.45, 2.75) is 0 Å². The molecule has 0 radical (unpaired) electrons. The summed E-state index contributed by atoms with van der Waals surface area (Å²) in [5.74, 6) is 0.224. The van der Waals surface area contributed by atoms with Crippen LogP contribution in [0.2, 0.25) is 0 Å². The molecule has 122 valence electrons. The molecule has 6 nitrogen and oxygen atoms in total. The molecule has 6 heteroatoms. The first-order chi connectivity index (χ1) is 12.2. The number of amides is 1. The highest BCUT2D eigenvalue weighted by molar-refractivity contribution is 6.07. The first kappa shape index (κ1) is 14.9. The monoisotopic (exact) mass is 331 g/mol. The number of benzene rings is 2. The van der Waals surface area contributed by atoms with Crippen molar-refractivity contribution in [2.75, 3.05) is 5.32 Å². The van der Waals surface area contributed by atoms with Crippen molar-refractivity contribution in [1.82, 2.24) is 10.1 Å². The largest absolute Gasteiger partial charge is 0.355 e. The SMILES string of the molecule is O=C(Nc1ccc[nH]c1=O)c1ccc2noc(-c3ccccc3)c2c1. The van der Waals surface area contributed by atoms with E-state index < -0.39 is 0 Å². The Kier molecular flexibility index (Phi) is 3.63. The summed E-state index contributed by atoms with van der Waals surface area (Å²) in [6.07, 6.45) is 1.51. The molecule has 1 amide bonds. The Labute approximate surface area is 142 Å². The standard InChI is InChI=1S/C19H13N3O3/c23-18(21-16-7-4-10-20-19(16)24)13-8-9-15-14(11-13)17(25-22-15)12-5-2-1-3-6-12/h1-11H,(H,20,24)(H,21,23). The van der Waals surface area contributed by atoms with E-state index in [1.165, 1.54) is 6.20 Å². The number of hydrogen-bond acceptors (Lipinski definition) is 4. The average molecular weight is 331 g/mol. The van der Waals surface area contributed by atoms with Crippen molar-refractivity contribution in [2.24, 2.45) is 0 Å². The van der Waals surface area contributed by atoms with Gasteiger partial charge in [0.05, 0.1) is 5.39 Å². The maximum atomic E-state index is 12.5. The molecule has 0 fully saturated rings. The lowest BCUT2D eigenvalue weighted by Gasteiger charge is -2.04. The Balaban J connectivity index is 1.72. The number of pyridine rings is 1. The van der Waals surface area contributed by atoms with Crippen LogP contribution in [0.1, 0.15) is 10.4 Å². The number of carbonyl (C=O) groups excluding carboxylic acids is 1. The summed E-state index contributed by atoms with van der Waals surface area (Å²) in [6.45, 7) is 0. The van der Waals surface area contributed by atoms with Crippen molar-refractivity contribution in [3.8, 4) is 11.3 Å². The van der Waals surface area contributed by atoms with Crippen LogP contribution in [-0.2, 0) is 0 Å². The van der Waals surface area contributed by atoms with E-state index in [9.17, 15) is 9.59 Å². The van der Waals surface area contributed by atoms with E-state index in [4.69, 9.17) is 4.52 Å². The summed E-state index contributed by atoms with van der Waals surface area (Å²) in [4.78, 5) is 26.7. The van der Waals surface area contributed by atoms with Gasteiger partial charge in [-0.25, -0.2) is 0 Å². The van der Waals surface area contributed by atoms with Gasteiger partial charge in [0, 0.05) is 17.3 Å². The van der Waals surface area contributed by atoms with Crippen molar-refractivity contribution in [1.29, 1.82) is 0 Å². The third-order valence-electron chi connectivity index (χ3n) is 3.84. The number of hydrogen-bond donors (Lipinski definition) is 2. The molecular formula is C19H13N3O3. The number of H-pyrrole nitrogens is 1. The third kappa shape index (κ3) is 2.81. The summed E-state index contributed by atoms with van der Waals surface area (Å²) < 4.78 is 5.44. The second-order valence-corrected chi connectivity index (χ2v) is 5.48. The molecular weight excluding hydrogens is 318 g/mol. The minimum absolute atomic E-state index is 0.196. The van der Waals surface area contributed by atoms with Crippen LogP contribution in [-0.4, -0.2) is 16.0 Å². The van der Waals surface area contributed by atoms with E-state index in [0.717, 1.165) is 10.9 Å². The van der Waals surface area contributed by atoms with Gasteiger partial charge >= 0.3 is 0 Å². The van der Waals surface area contributed by atoms with Gasteiger partial charge in [0.2, 0.25) is 0 Å². The number of aromatic amines is 1. The molecule has 4 aromatic rings. The highest BCUT2D eigenvalue weighted by atomic mass is 16.5. The summed E-state index contributed by atoms with van der Waals surface area (Å²) in [7, 11) is 0. The fourth-order valence-electron chi connectivity index (χ4n) is 2.59. The normalized spacial score (nSPS) is 10.7. The zero-order valence-corrected chi connectivity index (χ0v) is 13.0. The van der Waals surface area contributed by atoms with Gasteiger partial charge in [-0.2, -0.15) is 0 Å². The van der Waals surface area contributed by atoms with Crippen LogP contribution in [0, 0.1) is 0 Å². The summed E-state index contributed by atoms with van der Waals surface area (Å²) >= 11 is 0. The predicted octanol–water partition coefficient (Wildman–Crippen LogP) is 3.44. The first-order valence-electron chi connectivity index (χ1n) is 7.66. The topological polar surface area (TPSA) is 88.0 Å². The molecule has 0 saturated heterocycles. The number of carbonyl (C=O) groups is 1. The number of fused-ring (bicyclic) bond motifs is 1. The zero-order valence-electron chi connectivity index (χ0n) is 13.0. The second kappa shape index (κ2) is 6.09. The quantitative estimate of drug-likeness (QED) is 0.602. The first-order valence-corrected chi connectivity index (χ1v) is 7.66. The highest BCUT2D eigenvalue weighted by Gasteiger charge is 2.14. The fraction of sp³-hybridized carbons (Fsp3) is 0. The van der Waals surface area contributed by atoms with E-state index in [1.54, 1.807) is 30.3 Å². The number of aromatic nitrogens is 2. The number of anilines is 1. The van der Waals surface area contributed by atoms with Crippen LogP contribution >= 0.6 is 0 Å². The number of nitrogens with zero attached hydrogens (tertiary/aromatic N) is 1. The van der Waals surface area contributed by atoms with Gasteiger partial charge in [-0.05, 0) is 30.3 Å². The smallest absolute Gasteiger partial charge is 0.271 e. The lowest BCUT2D eigenvalue weighted by Crippen LogP contribution is -2.19. The van der Waals surface area contributed by atoms with Gasteiger partial charge in [-0.1, -0.05) is 35.5 Å². The molecule has 0 aliphatic heterocycles.